The largest absolute Gasteiger partial charge is 0.326 e. The van der Waals surface area contributed by atoms with Crippen LogP contribution in [-0.2, 0) is 6.54 Å². The van der Waals surface area contributed by atoms with Crippen LogP contribution < -0.4 is 10.6 Å². The summed E-state index contributed by atoms with van der Waals surface area (Å²) in [4.78, 5) is 21.4. The third kappa shape index (κ3) is 5.04. The summed E-state index contributed by atoms with van der Waals surface area (Å²) >= 11 is 0. The second-order valence-corrected chi connectivity index (χ2v) is 6.72. The first kappa shape index (κ1) is 19.3. The number of hydrogen-bond acceptors (Lipinski definition) is 3. The van der Waals surface area contributed by atoms with Crippen LogP contribution in [0.2, 0.25) is 0 Å². The van der Waals surface area contributed by atoms with Gasteiger partial charge >= 0.3 is 0 Å². The summed E-state index contributed by atoms with van der Waals surface area (Å²) in [5.41, 5.74) is 5.78. The zero-order valence-corrected chi connectivity index (χ0v) is 16.4. The fourth-order valence-corrected chi connectivity index (χ4v) is 2.75. The molecule has 2 aromatic carbocycles. The molecule has 28 heavy (non-hydrogen) atoms. The lowest BCUT2D eigenvalue weighted by atomic mass is 10.1. The highest BCUT2D eigenvalue weighted by molar-refractivity contribution is 6.10. The number of aryl methyl sites for hydroxylation is 2. The van der Waals surface area contributed by atoms with Gasteiger partial charge in [-0.25, -0.2) is 4.99 Å². The minimum atomic E-state index is -0.202. The molecule has 0 spiro atoms. The minimum Gasteiger partial charge on any atom is -0.326 e. The Kier molecular flexibility index (Phi) is 6.17. The zero-order chi connectivity index (χ0) is 19.9. The Morgan fingerprint density at radius 3 is 2.61 bits per heavy atom. The molecule has 1 amide bonds. The van der Waals surface area contributed by atoms with Gasteiger partial charge in [0.1, 0.15) is 0 Å². The number of anilines is 1. The first-order valence-electron chi connectivity index (χ1n) is 9.17. The quantitative estimate of drug-likeness (QED) is 0.527. The molecular formula is C23H24N4O. The second-order valence-electron chi connectivity index (χ2n) is 6.72. The Bertz CT molecular complexity index is 996. The molecule has 0 atom stereocenters. The number of carbonyl (C=O) groups excluding carboxylic acids is 1. The summed E-state index contributed by atoms with van der Waals surface area (Å²) in [5, 5.41) is 6.18. The van der Waals surface area contributed by atoms with Gasteiger partial charge in [-0.15, -0.1) is 0 Å². The number of hydrogen-bond donors (Lipinski definition) is 2. The Balaban J connectivity index is 1.85. The predicted molar refractivity (Wildman–Crippen MR) is 114 cm³/mol. The van der Waals surface area contributed by atoms with E-state index in [1.54, 1.807) is 18.5 Å². The number of nitrogens with one attached hydrogen (secondary N) is 2. The maximum Gasteiger partial charge on any atom is 0.257 e. The summed E-state index contributed by atoms with van der Waals surface area (Å²) < 4.78 is 0. The molecule has 0 fully saturated rings. The van der Waals surface area contributed by atoms with E-state index in [0.717, 1.165) is 22.4 Å². The van der Waals surface area contributed by atoms with Crippen molar-refractivity contribution in [1.82, 2.24) is 10.3 Å². The molecule has 0 bridgehead atoms. The van der Waals surface area contributed by atoms with Crippen molar-refractivity contribution in [3.63, 3.8) is 0 Å². The van der Waals surface area contributed by atoms with Crippen LogP contribution in [0.25, 0.3) is 0 Å². The van der Waals surface area contributed by atoms with E-state index in [2.05, 4.69) is 33.6 Å². The van der Waals surface area contributed by atoms with Crippen LogP contribution in [0.4, 0.5) is 5.69 Å². The second kappa shape index (κ2) is 8.95. The zero-order valence-electron chi connectivity index (χ0n) is 16.4. The van der Waals surface area contributed by atoms with Gasteiger partial charge in [0.05, 0.1) is 6.54 Å². The first-order chi connectivity index (χ1) is 13.5. The van der Waals surface area contributed by atoms with Crippen molar-refractivity contribution in [3.05, 3.63) is 94.8 Å². The molecule has 1 aromatic heterocycles. The molecule has 0 radical (unpaired) electrons. The molecule has 0 saturated heterocycles. The van der Waals surface area contributed by atoms with Crippen LogP contribution in [0, 0.1) is 20.8 Å². The monoisotopic (exact) mass is 372 g/mol. The van der Waals surface area contributed by atoms with Gasteiger partial charge in [0, 0.05) is 23.6 Å². The number of amides is 1. The van der Waals surface area contributed by atoms with Crippen LogP contribution in [0.3, 0.4) is 0 Å². The summed E-state index contributed by atoms with van der Waals surface area (Å²) in [6.07, 6.45) is 3.49. The average molecular weight is 372 g/mol. The smallest absolute Gasteiger partial charge is 0.257 e. The number of nitrogens with zero attached hydrogens (tertiary/aromatic N) is 2. The number of rotatable bonds is 4. The fraction of sp³-hybridized carbons (Fsp3) is 0.174. The van der Waals surface area contributed by atoms with E-state index in [-0.39, 0.29) is 5.91 Å². The van der Waals surface area contributed by atoms with Gasteiger partial charge in [-0.2, -0.15) is 0 Å². The van der Waals surface area contributed by atoms with E-state index in [1.807, 2.05) is 56.3 Å². The molecule has 3 rings (SSSR count). The SMILES string of the molecule is Cc1cccc(C(=O)NC(=NCc2cccnc2)Nc2cccc(C)c2C)c1. The number of benzene rings is 2. The van der Waals surface area contributed by atoms with Crippen LogP contribution in [0.5, 0.6) is 0 Å². The van der Waals surface area contributed by atoms with Crippen molar-refractivity contribution in [1.29, 1.82) is 0 Å². The van der Waals surface area contributed by atoms with E-state index >= 15 is 0 Å². The Labute approximate surface area is 165 Å². The molecule has 0 aliphatic heterocycles. The molecule has 5 heteroatoms. The van der Waals surface area contributed by atoms with E-state index in [4.69, 9.17) is 0 Å². The van der Waals surface area contributed by atoms with Crippen molar-refractivity contribution in [2.24, 2.45) is 4.99 Å². The molecule has 0 saturated carbocycles. The van der Waals surface area contributed by atoms with Gasteiger partial charge in [-0.3, -0.25) is 15.1 Å². The molecule has 3 aromatic rings. The topological polar surface area (TPSA) is 66.4 Å². The maximum atomic E-state index is 12.7. The molecular weight excluding hydrogens is 348 g/mol. The highest BCUT2D eigenvalue weighted by Crippen LogP contribution is 2.18. The lowest BCUT2D eigenvalue weighted by Crippen LogP contribution is -2.36. The molecule has 142 valence electrons. The number of pyridine rings is 1. The Hall–Kier alpha value is -3.47. The first-order valence-corrected chi connectivity index (χ1v) is 9.17. The maximum absolute atomic E-state index is 12.7. The molecule has 5 nitrogen and oxygen atoms in total. The van der Waals surface area contributed by atoms with Crippen LogP contribution in [0.1, 0.15) is 32.6 Å². The standard InChI is InChI=1S/C23H24N4O/c1-16-7-4-10-20(13-16)22(28)27-23(25-15-19-9-6-12-24-14-19)26-21-11-5-8-17(2)18(21)3/h4-14H,15H2,1-3H3,(H2,25,26,27,28). The van der Waals surface area contributed by atoms with Crippen molar-refractivity contribution in [2.45, 2.75) is 27.3 Å². The van der Waals surface area contributed by atoms with E-state index in [0.29, 0.717) is 18.1 Å². The van der Waals surface area contributed by atoms with Gasteiger partial charge in [-0.05, 0) is 61.7 Å². The molecule has 0 aliphatic rings. The lowest BCUT2D eigenvalue weighted by Gasteiger charge is -2.15. The van der Waals surface area contributed by atoms with E-state index in [9.17, 15) is 4.79 Å². The van der Waals surface area contributed by atoms with Crippen molar-refractivity contribution < 1.29 is 4.79 Å². The normalized spacial score (nSPS) is 11.2. The number of guanidine groups is 1. The van der Waals surface area contributed by atoms with Gasteiger partial charge in [-0.1, -0.05) is 35.9 Å². The lowest BCUT2D eigenvalue weighted by molar-refractivity contribution is 0.0977. The molecule has 2 N–H and O–H groups in total. The van der Waals surface area contributed by atoms with Crippen molar-refractivity contribution in [2.75, 3.05) is 5.32 Å². The van der Waals surface area contributed by atoms with E-state index < -0.39 is 0 Å². The summed E-state index contributed by atoms with van der Waals surface area (Å²) in [6.45, 7) is 6.47. The molecule has 1 heterocycles. The number of carbonyl (C=O) groups is 1. The van der Waals surface area contributed by atoms with Crippen LogP contribution in [-0.4, -0.2) is 16.9 Å². The highest BCUT2D eigenvalue weighted by Gasteiger charge is 2.11. The third-order valence-corrected chi connectivity index (χ3v) is 4.51. The van der Waals surface area contributed by atoms with Gasteiger partial charge in [0.2, 0.25) is 5.96 Å². The minimum absolute atomic E-state index is 0.202. The summed E-state index contributed by atoms with van der Waals surface area (Å²) in [7, 11) is 0. The van der Waals surface area contributed by atoms with E-state index in [1.165, 1.54) is 5.56 Å². The van der Waals surface area contributed by atoms with Gasteiger partial charge in [0.25, 0.3) is 5.91 Å². The Morgan fingerprint density at radius 2 is 1.86 bits per heavy atom. The van der Waals surface area contributed by atoms with Crippen molar-refractivity contribution in [3.8, 4) is 0 Å². The average Bonchev–Trinajstić information content (AvgIpc) is 2.70. The fourth-order valence-electron chi connectivity index (χ4n) is 2.75. The third-order valence-electron chi connectivity index (χ3n) is 4.51. The van der Waals surface area contributed by atoms with Crippen LogP contribution in [0.15, 0.2) is 72.0 Å². The Morgan fingerprint density at radius 1 is 1.04 bits per heavy atom. The van der Waals surface area contributed by atoms with Gasteiger partial charge < -0.3 is 5.32 Å². The molecule has 0 unspecified atom stereocenters. The predicted octanol–water partition coefficient (Wildman–Crippen LogP) is 4.40. The number of aromatic nitrogens is 1. The van der Waals surface area contributed by atoms with Crippen LogP contribution >= 0.6 is 0 Å². The summed E-state index contributed by atoms with van der Waals surface area (Å²) in [6, 6.07) is 17.3. The van der Waals surface area contributed by atoms with Gasteiger partial charge in [0.15, 0.2) is 0 Å². The number of aliphatic imine (C=N–C) groups is 1. The van der Waals surface area contributed by atoms with Crippen molar-refractivity contribution >= 4 is 17.6 Å². The molecule has 0 aliphatic carbocycles. The highest BCUT2D eigenvalue weighted by atomic mass is 16.1. The summed E-state index contributed by atoms with van der Waals surface area (Å²) in [5.74, 6) is 0.204.